The fourth-order valence-electron chi connectivity index (χ4n) is 1.40. The first-order valence-corrected chi connectivity index (χ1v) is 6.05. The minimum atomic E-state index is 0.330. The fraction of sp³-hybridized carbons (Fsp3) is 0.769. The molecule has 1 N–H and O–H groups in total. The zero-order valence-electron chi connectivity index (χ0n) is 11.4. The lowest BCUT2D eigenvalue weighted by molar-refractivity contribution is 0.230. The molecule has 92 valence electrons. The van der Waals surface area contributed by atoms with Gasteiger partial charge in [-0.1, -0.05) is 27.7 Å². The van der Waals surface area contributed by atoms with Gasteiger partial charge in [-0.2, -0.15) is 5.10 Å². The third-order valence-electron chi connectivity index (χ3n) is 3.65. The largest absolute Gasteiger partial charge is 0.310 e. The number of hydrogen-bond acceptors (Lipinski definition) is 2. The Bertz CT molecular complexity index is 326. The van der Waals surface area contributed by atoms with Crippen LogP contribution in [0, 0.1) is 11.3 Å². The van der Waals surface area contributed by atoms with Crippen molar-refractivity contribution in [2.75, 3.05) is 6.54 Å². The first kappa shape index (κ1) is 13.2. The summed E-state index contributed by atoms with van der Waals surface area (Å²) in [6.07, 6.45) is 4.00. The molecule has 0 saturated heterocycles. The number of hydrogen-bond donors (Lipinski definition) is 1. The van der Waals surface area contributed by atoms with E-state index in [2.05, 4.69) is 51.2 Å². The van der Waals surface area contributed by atoms with E-state index in [1.165, 1.54) is 5.56 Å². The van der Waals surface area contributed by atoms with Gasteiger partial charge in [-0.05, 0) is 18.3 Å². The molecular formula is C13H25N3. The molecule has 0 aliphatic carbocycles. The molecular weight excluding hydrogens is 198 g/mol. The summed E-state index contributed by atoms with van der Waals surface area (Å²) in [5, 5.41) is 7.77. The Balaban J connectivity index is 2.50. The van der Waals surface area contributed by atoms with Crippen LogP contribution in [0.3, 0.4) is 0 Å². The van der Waals surface area contributed by atoms with Crippen molar-refractivity contribution in [2.45, 2.75) is 40.7 Å². The van der Waals surface area contributed by atoms with Crippen molar-refractivity contribution in [1.29, 1.82) is 0 Å². The molecule has 1 rings (SSSR count). The quantitative estimate of drug-likeness (QED) is 0.832. The lowest BCUT2D eigenvalue weighted by Crippen LogP contribution is -2.34. The lowest BCUT2D eigenvalue weighted by atomic mass is 9.81. The summed E-state index contributed by atoms with van der Waals surface area (Å²) in [5.74, 6) is 0.682. The van der Waals surface area contributed by atoms with E-state index >= 15 is 0 Å². The average Bonchev–Trinajstić information content (AvgIpc) is 2.61. The predicted octanol–water partition coefficient (Wildman–Crippen LogP) is 2.75. The molecule has 1 aromatic rings. The van der Waals surface area contributed by atoms with Gasteiger partial charge in [0.15, 0.2) is 0 Å². The number of aromatic nitrogens is 2. The minimum absolute atomic E-state index is 0.330. The van der Waals surface area contributed by atoms with E-state index in [1.54, 1.807) is 0 Å². The highest BCUT2D eigenvalue weighted by atomic mass is 15.2. The first-order valence-electron chi connectivity index (χ1n) is 6.05. The van der Waals surface area contributed by atoms with Gasteiger partial charge in [0.2, 0.25) is 0 Å². The minimum Gasteiger partial charge on any atom is -0.310 e. The van der Waals surface area contributed by atoms with Gasteiger partial charge in [0.05, 0.1) is 6.20 Å². The van der Waals surface area contributed by atoms with E-state index in [0.717, 1.165) is 6.54 Å². The van der Waals surface area contributed by atoms with Crippen molar-refractivity contribution in [3.05, 3.63) is 18.0 Å². The molecule has 1 heterocycles. The zero-order valence-corrected chi connectivity index (χ0v) is 11.4. The van der Waals surface area contributed by atoms with E-state index in [1.807, 2.05) is 17.9 Å². The van der Waals surface area contributed by atoms with Crippen LogP contribution >= 0.6 is 0 Å². The van der Waals surface area contributed by atoms with Crippen molar-refractivity contribution < 1.29 is 0 Å². The van der Waals surface area contributed by atoms with Crippen LogP contribution in [0.25, 0.3) is 0 Å². The third kappa shape index (κ3) is 3.34. The van der Waals surface area contributed by atoms with Crippen LogP contribution < -0.4 is 5.32 Å². The van der Waals surface area contributed by atoms with Crippen LogP contribution in [0.1, 0.15) is 46.2 Å². The maximum Gasteiger partial charge on any atom is 0.0537 e. The van der Waals surface area contributed by atoms with Gasteiger partial charge in [-0.25, -0.2) is 0 Å². The van der Waals surface area contributed by atoms with E-state index < -0.39 is 0 Å². The Hall–Kier alpha value is -0.830. The summed E-state index contributed by atoms with van der Waals surface area (Å²) < 4.78 is 1.85. The van der Waals surface area contributed by atoms with Crippen molar-refractivity contribution in [2.24, 2.45) is 18.4 Å². The fourth-order valence-corrected chi connectivity index (χ4v) is 1.40. The first-order chi connectivity index (χ1) is 7.33. The highest BCUT2D eigenvalue weighted by molar-refractivity contribution is 5.08. The summed E-state index contributed by atoms with van der Waals surface area (Å²) in [6.45, 7) is 12.4. The second-order valence-electron chi connectivity index (χ2n) is 5.69. The van der Waals surface area contributed by atoms with E-state index in [4.69, 9.17) is 0 Å². The molecule has 16 heavy (non-hydrogen) atoms. The summed E-state index contributed by atoms with van der Waals surface area (Å²) in [4.78, 5) is 0. The van der Waals surface area contributed by atoms with Crippen molar-refractivity contribution in [1.82, 2.24) is 15.1 Å². The molecule has 0 aliphatic heterocycles. The predicted molar refractivity (Wildman–Crippen MR) is 68.2 cm³/mol. The van der Waals surface area contributed by atoms with Crippen LogP contribution in [0.15, 0.2) is 12.4 Å². The second-order valence-corrected chi connectivity index (χ2v) is 5.69. The maximum absolute atomic E-state index is 4.19. The van der Waals surface area contributed by atoms with Gasteiger partial charge in [0, 0.05) is 31.4 Å². The standard InChI is InChI=1S/C13H25N3/c1-10(2)13(4,5)9-14-11(3)12-7-15-16(6)8-12/h7-8,10-11,14H,9H2,1-6H3. The number of aryl methyl sites for hydroxylation is 1. The highest BCUT2D eigenvalue weighted by Crippen LogP contribution is 2.25. The zero-order chi connectivity index (χ0) is 12.3. The Morgan fingerprint density at radius 3 is 2.44 bits per heavy atom. The number of rotatable bonds is 5. The molecule has 3 heteroatoms. The van der Waals surface area contributed by atoms with Crippen LogP contribution in [0.5, 0.6) is 0 Å². The van der Waals surface area contributed by atoms with Gasteiger partial charge in [-0.15, -0.1) is 0 Å². The lowest BCUT2D eigenvalue weighted by Gasteiger charge is -2.31. The Morgan fingerprint density at radius 2 is 2.00 bits per heavy atom. The summed E-state index contributed by atoms with van der Waals surface area (Å²) in [7, 11) is 1.95. The average molecular weight is 223 g/mol. The molecule has 1 aromatic heterocycles. The molecule has 1 atom stereocenters. The van der Waals surface area contributed by atoms with Crippen LogP contribution in [-0.2, 0) is 7.05 Å². The van der Waals surface area contributed by atoms with Gasteiger partial charge >= 0.3 is 0 Å². The third-order valence-corrected chi connectivity index (χ3v) is 3.65. The molecule has 0 amide bonds. The molecule has 0 bridgehead atoms. The molecule has 0 aliphatic rings. The Labute approximate surface area is 99.2 Å². The summed E-state index contributed by atoms with van der Waals surface area (Å²) in [5.41, 5.74) is 1.58. The Kier molecular flexibility index (Phi) is 4.14. The monoisotopic (exact) mass is 223 g/mol. The van der Waals surface area contributed by atoms with Gasteiger partial charge in [0.1, 0.15) is 0 Å². The maximum atomic E-state index is 4.19. The van der Waals surface area contributed by atoms with E-state index in [-0.39, 0.29) is 0 Å². The molecule has 0 radical (unpaired) electrons. The van der Waals surface area contributed by atoms with Crippen molar-refractivity contribution in [3.8, 4) is 0 Å². The molecule has 0 spiro atoms. The van der Waals surface area contributed by atoms with Gasteiger partial charge in [0.25, 0.3) is 0 Å². The van der Waals surface area contributed by atoms with Crippen molar-refractivity contribution >= 4 is 0 Å². The summed E-state index contributed by atoms with van der Waals surface area (Å²) >= 11 is 0. The molecule has 3 nitrogen and oxygen atoms in total. The molecule has 1 unspecified atom stereocenters. The highest BCUT2D eigenvalue weighted by Gasteiger charge is 2.22. The molecule has 0 fully saturated rings. The molecule has 0 saturated carbocycles. The summed E-state index contributed by atoms with van der Waals surface area (Å²) in [6, 6.07) is 0.367. The van der Waals surface area contributed by atoms with Gasteiger partial charge < -0.3 is 5.32 Å². The van der Waals surface area contributed by atoms with Crippen molar-refractivity contribution in [3.63, 3.8) is 0 Å². The number of nitrogens with one attached hydrogen (secondary N) is 1. The van der Waals surface area contributed by atoms with E-state index in [9.17, 15) is 0 Å². The van der Waals surface area contributed by atoms with Crippen LogP contribution in [0.4, 0.5) is 0 Å². The van der Waals surface area contributed by atoms with Crippen LogP contribution in [-0.4, -0.2) is 16.3 Å². The van der Waals surface area contributed by atoms with Gasteiger partial charge in [-0.3, -0.25) is 4.68 Å². The second kappa shape index (κ2) is 5.00. The Morgan fingerprint density at radius 1 is 1.38 bits per heavy atom. The van der Waals surface area contributed by atoms with E-state index in [0.29, 0.717) is 17.4 Å². The molecule has 0 aromatic carbocycles. The van der Waals surface area contributed by atoms with Crippen LogP contribution in [0.2, 0.25) is 0 Å². The SMILES string of the molecule is CC(NCC(C)(C)C(C)C)c1cnn(C)c1. The topological polar surface area (TPSA) is 29.9 Å². The number of nitrogens with zero attached hydrogens (tertiary/aromatic N) is 2. The smallest absolute Gasteiger partial charge is 0.0537 e. The normalized spacial score (nSPS) is 14.4.